The lowest BCUT2D eigenvalue weighted by atomic mass is 10.1. The number of rotatable bonds is 5. The van der Waals surface area contributed by atoms with Gasteiger partial charge in [0.15, 0.2) is 0 Å². The highest BCUT2D eigenvalue weighted by molar-refractivity contribution is 5.89. The minimum Gasteiger partial charge on any atom is -0.338 e. The molecular weight excluding hydrogens is 508 g/mol. The van der Waals surface area contributed by atoms with Gasteiger partial charge in [-0.1, -0.05) is 12.1 Å². The van der Waals surface area contributed by atoms with Gasteiger partial charge in [0.05, 0.1) is 11.2 Å². The smallest absolute Gasteiger partial charge is 0.338 e. The maximum Gasteiger partial charge on any atom is 0.354 e. The van der Waals surface area contributed by atoms with Crippen LogP contribution in [0, 0.1) is 6.92 Å². The average Bonchev–Trinajstić information content (AvgIpc) is 2.87. The number of nitrogens with one attached hydrogen (secondary N) is 1. The molecule has 2 fully saturated rings. The monoisotopic (exact) mass is 546 g/mol. The lowest BCUT2D eigenvalue weighted by Gasteiger charge is -2.37. The number of piperidine rings is 1. The van der Waals surface area contributed by atoms with Gasteiger partial charge in [0, 0.05) is 50.5 Å². The summed E-state index contributed by atoms with van der Waals surface area (Å²) in [6, 6.07) is 7.83. The zero-order chi connectivity index (χ0) is 26.7. The summed E-state index contributed by atoms with van der Waals surface area (Å²) >= 11 is 0. The molecule has 0 saturated carbocycles. The zero-order valence-corrected chi connectivity index (χ0v) is 23.2. The number of nitrogens with two attached hydrogens (primary N) is 2. The lowest BCUT2D eigenvalue weighted by Crippen LogP contribution is -2.58. The van der Waals surface area contributed by atoms with Gasteiger partial charge in [-0.05, 0) is 64.4 Å². The summed E-state index contributed by atoms with van der Waals surface area (Å²) in [5, 5.41) is 2.75. The molecule has 208 valence electrons. The van der Waals surface area contributed by atoms with Gasteiger partial charge in [-0.3, -0.25) is 19.6 Å². The summed E-state index contributed by atoms with van der Waals surface area (Å²) in [6.07, 6.45) is 3.72. The number of hydrogen-bond donors (Lipinski definition) is 3. The van der Waals surface area contributed by atoms with Crippen LogP contribution in [0.5, 0.6) is 0 Å². The highest BCUT2D eigenvalue weighted by Crippen LogP contribution is 2.17. The molecule has 1 aromatic carbocycles. The Bertz CT molecular complexity index is 1180. The van der Waals surface area contributed by atoms with Crippen LogP contribution >= 0.6 is 12.4 Å². The SMILES string of the molecule is Cc1cn(-c2ccc(CN3CCC(N)CC3)cc2)c(=O)nc1NC(=O)N1CCN(C(=O)C(C)(C)N)CC1.Cl. The Balaban J connectivity index is 0.00000400. The Morgan fingerprint density at radius 3 is 2.18 bits per heavy atom. The van der Waals surface area contributed by atoms with Gasteiger partial charge in [-0.2, -0.15) is 4.98 Å². The topological polar surface area (TPSA) is 143 Å². The molecule has 0 radical (unpaired) electrons. The Morgan fingerprint density at radius 2 is 1.61 bits per heavy atom. The van der Waals surface area contributed by atoms with Crippen molar-refractivity contribution in [3.8, 4) is 5.69 Å². The predicted octanol–water partition coefficient (Wildman–Crippen LogP) is 1.30. The number of likely N-dealkylation sites (tertiary alicyclic amines) is 1. The number of anilines is 1. The van der Waals surface area contributed by atoms with Gasteiger partial charge in [0.1, 0.15) is 5.82 Å². The molecule has 3 amide bonds. The van der Waals surface area contributed by atoms with Crippen LogP contribution < -0.4 is 22.5 Å². The van der Waals surface area contributed by atoms with Crippen LogP contribution in [0.15, 0.2) is 35.3 Å². The van der Waals surface area contributed by atoms with Gasteiger partial charge in [-0.25, -0.2) is 9.59 Å². The molecule has 1 aromatic heterocycles. The predicted molar refractivity (Wildman–Crippen MR) is 150 cm³/mol. The van der Waals surface area contributed by atoms with E-state index in [1.165, 1.54) is 10.1 Å². The van der Waals surface area contributed by atoms with E-state index in [1.807, 2.05) is 24.3 Å². The van der Waals surface area contributed by atoms with E-state index in [2.05, 4.69) is 15.2 Å². The van der Waals surface area contributed by atoms with E-state index < -0.39 is 11.2 Å². The zero-order valence-electron chi connectivity index (χ0n) is 22.4. The number of nitrogens with zero attached hydrogens (tertiary/aromatic N) is 5. The molecule has 11 nitrogen and oxygen atoms in total. The number of benzene rings is 1. The third-order valence-electron chi connectivity index (χ3n) is 6.99. The highest BCUT2D eigenvalue weighted by atomic mass is 35.5. The van der Waals surface area contributed by atoms with Gasteiger partial charge in [0.2, 0.25) is 5.91 Å². The van der Waals surface area contributed by atoms with E-state index in [-0.39, 0.29) is 30.2 Å². The minimum absolute atomic E-state index is 0. The third-order valence-corrected chi connectivity index (χ3v) is 6.99. The Kier molecular flexibility index (Phi) is 9.53. The number of amides is 3. The molecule has 0 atom stereocenters. The first-order chi connectivity index (χ1) is 17.5. The summed E-state index contributed by atoms with van der Waals surface area (Å²) in [7, 11) is 0. The Hall–Kier alpha value is -2.99. The fourth-order valence-electron chi connectivity index (χ4n) is 4.69. The van der Waals surface area contributed by atoms with E-state index in [4.69, 9.17) is 11.5 Å². The van der Waals surface area contributed by atoms with Gasteiger partial charge in [0.25, 0.3) is 0 Å². The summed E-state index contributed by atoms with van der Waals surface area (Å²) in [5.41, 5.74) is 13.0. The lowest BCUT2D eigenvalue weighted by molar-refractivity contribution is -0.137. The fraction of sp³-hybridized carbons (Fsp3) is 0.538. The second-order valence-electron chi connectivity index (χ2n) is 10.6. The van der Waals surface area contributed by atoms with Crippen molar-refractivity contribution in [2.24, 2.45) is 11.5 Å². The molecule has 2 aliphatic rings. The number of urea groups is 1. The van der Waals surface area contributed by atoms with Crippen molar-refractivity contribution in [1.82, 2.24) is 24.3 Å². The molecule has 12 heteroatoms. The molecule has 38 heavy (non-hydrogen) atoms. The van der Waals surface area contributed by atoms with Crippen molar-refractivity contribution >= 4 is 30.2 Å². The first-order valence-electron chi connectivity index (χ1n) is 12.8. The van der Waals surface area contributed by atoms with E-state index in [1.54, 1.807) is 36.8 Å². The second kappa shape index (κ2) is 12.2. The van der Waals surface area contributed by atoms with E-state index in [9.17, 15) is 14.4 Å². The fourth-order valence-corrected chi connectivity index (χ4v) is 4.69. The Labute approximate surface area is 229 Å². The number of halogens is 1. The van der Waals surface area contributed by atoms with Crippen LogP contribution in [0.1, 0.15) is 37.8 Å². The van der Waals surface area contributed by atoms with Crippen LogP contribution in [0.25, 0.3) is 5.69 Å². The number of piperazine rings is 1. The standard InChI is InChI=1S/C26H38N8O3.ClH/c1-18-16-34(21-6-4-19(5-7-21)17-31-10-8-20(27)9-11-31)25(37)30-22(18)29-24(36)33-14-12-32(13-15-33)23(35)26(2,3)28;/h4-7,16,20H,8-15,17,27-28H2,1-3H3,(H,29,30,36,37);1H. The molecule has 2 saturated heterocycles. The van der Waals surface area contributed by atoms with E-state index in [0.717, 1.165) is 32.5 Å². The van der Waals surface area contributed by atoms with Crippen molar-refractivity contribution < 1.29 is 9.59 Å². The maximum atomic E-state index is 12.8. The number of hydrogen-bond acceptors (Lipinski definition) is 7. The number of aryl methyl sites for hydroxylation is 1. The number of carbonyl (C=O) groups excluding carboxylic acids is 2. The molecule has 0 spiro atoms. The summed E-state index contributed by atoms with van der Waals surface area (Å²) in [6.45, 7) is 9.56. The molecule has 2 aliphatic heterocycles. The third kappa shape index (κ3) is 7.10. The van der Waals surface area contributed by atoms with Crippen molar-refractivity contribution in [1.29, 1.82) is 0 Å². The quantitative estimate of drug-likeness (QED) is 0.513. The van der Waals surface area contributed by atoms with Crippen molar-refractivity contribution in [3.05, 3.63) is 52.1 Å². The van der Waals surface area contributed by atoms with Crippen LogP contribution in [0.4, 0.5) is 10.6 Å². The normalized spacial score (nSPS) is 17.2. The molecule has 0 aliphatic carbocycles. The van der Waals surface area contributed by atoms with Crippen molar-refractivity contribution in [2.75, 3.05) is 44.6 Å². The van der Waals surface area contributed by atoms with Crippen LogP contribution in [-0.2, 0) is 11.3 Å². The second-order valence-corrected chi connectivity index (χ2v) is 10.6. The molecule has 2 aromatic rings. The van der Waals surface area contributed by atoms with E-state index >= 15 is 0 Å². The molecule has 0 unspecified atom stereocenters. The first-order valence-corrected chi connectivity index (χ1v) is 12.8. The molecular formula is C26H39ClN8O3. The molecule has 5 N–H and O–H groups in total. The van der Waals surface area contributed by atoms with Gasteiger partial charge in [-0.15, -0.1) is 12.4 Å². The van der Waals surface area contributed by atoms with Gasteiger partial charge >= 0.3 is 11.7 Å². The molecule has 3 heterocycles. The van der Waals surface area contributed by atoms with Crippen LogP contribution in [0.3, 0.4) is 0 Å². The summed E-state index contributed by atoms with van der Waals surface area (Å²) in [4.78, 5) is 47.8. The maximum absolute atomic E-state index is 12.8. The first kappa shape index (κ1) is 29.6. The number of aromatic nitrogens is 2. The summed E-state index contributed by atoms with van der Waals surface area (Å²) in [5.74, 6) is 0.0886. The highest BCUT2D eigenvalue weighted by Gasteiger charge is 2.31. The Morgan fingerprint density at radius 1 is 1.03 bits per heavy atom. The van der Waals surface area contributed by atoms with Gasteiger partial charge < -0.3 is 21.3 Å². The number of carbonyl (C=O) groups is 2. The largest absolute Gasteiger partial charge is 0.354 e. The molecule has 4 rings (SSSR count). The van der Waals surface area contributed by atoms with Crippen LogP contribution in [-0.4, -0.2) is 87.0 Å². The van der Waals surface area contributed by atoms with Crippen molar-refractivity contribution in [3.63, 3.8) is 0 Å². The minimum atomic E-state index is -0.947. The van der Waals surface area contributed by atoms with Crippen LogP contribution in [0.2, 0.25) is 0 Å². The van der Waals surface area contributed by atoms with Crippen molar-refractivity contribution in [2.45, 2.75) is 51.7 Å². The average molecular weight is 547 g/mol. The molecule has 0 bridgehead atoms. The van der Waals surface area contributed by atoms with E-state index in [0.29, 0.717) is 43.5 Å². The summed E-state index contributed by atoms with van der Waals surface area (Å²) < 4.78 is 1.48.